The minimum absolute atomic E-state index is 0.549. The average Bonchev–Trinajstić information content (AvgIpc) is 2.02. The Morgan fingerprint density at radius 2 is 2.08 bits per heavy atom. The zero-order chi connectivity index (χ0) is 10.7. The monoisotopic (exact) mass is 202 g/mol. The van der Waals surface area contributed by atoms with Gasteiger partial charge in [-0.1, -0.05) is 19.1 Å². The Bertz CT molecular complexity index is 348. The summed E-state index contributed by atoms with van der Waals surface area (Å²) < 4.78 is 21.9. The molecule has 0 unspecified atom stereocenters. The highest BCUT2D eigenvalue weighted by Gasteiger charge is 2.37. The van der Waals surface area contributed by atoms with Gasteiger partial charge >= 0.3 is 5.55 Å². The lowest BCUT2D eigenvalue weighted by atomic mass is 10.0. The molecule has 0 fully saturated rings. The number of hydrogen-bond acceptors (Lipinski definition) is 2. The fourth-order valence-electron chi connectivity index (χ4n) is 0.821. The molecule has 13 heavy (non-hydrogen) atoms. The van der Waals surface area contributed by atoms with Crippen molar-refractivity contribution in [3.05, 3.63) is 17.7 Å². The van der Waals surface area contributed by atoms with E-state index in [9.17, 15) is 8.42 Å². The summed E-state index contributed by atoms with van der Waals surface area (Å²) in [4.78, 5) is 2.54. The van der Waals surface area contributed by atoms with E-state index in [1.165, 1.54) is 13.8 Å². The van der Waals surface area contributed by atoms with Crippen molar-refractivity contribution < 1.29 is 13.2 Å². The fourth-order valence-corrected chi connectivity index (χ4v) is 1.76. The number of hydrogen-bond donors (Lipinski definition) is 0. The van der Waals surface area contributed by atoms with Crippen molar-refractivity contribution in [2.75, 3.05) is 0 Å². The van der Waals surface area contributed by atoms with Crippen molar-refractivity contribution in [1.82, 2.24) is 0 Å². The summed E-state index contributed by atoms with van der Waals surface area (Å²) in [5, 5.41) is 0. The highest BCUT2D eigenvalue weighted by molar-refractivity contribution is 8.05. The van der Waals surface area contributed by atoms with Crippen LogP contribution in [0.15, 0.2) is 12.2 Å². The third-order valence-corrected chi connectivity index (χ3v) is 4.26. The maximum absolute atomic E-state index is 11.5. The summed E-state index contributed by atoms with van der Waals surface area (Å²) in [6.07, 6.45) is 0.575. The largest absolute Gasteiger partial charge is 0.371 e. The van der Waals surface area contributed by atoms with Crippen LogP contribution in [0.5, 0.6) is 0 Å². The van der Waals surface area contributed by atoms with E-state index in [1.54, 1.807) is 0 Å². The fraction of sp³-hybridized carbons (Fsp3) is 0.625. The van der Waals surface area contributed by atoms with E-state index in [2.05, 4.69) is 11.4 Å². The molecule has 0 rings (SSSR count). The van der Waals surface area contributed by atoms with Crippen LogP contribution in [0.4, 0.5) is 0 Å². The second kappa shape index (κ2) is 3.85. The smallest absolute Gasteiger partial charge is 0.361 e. The van der Waals surface area contributed by atoms with Crippen molar-refractivity contribution in [3.8, 4) is 0 Å². The van der Waals surface area contributed by atoms with Gasteiger partial charge in [-0.2, -0.15) is 4.79 Å². The van der Waals surface area contributed by atoms with Gasteiger partial charge in [-0.15, -0.1) is 0 Å². The van der Waals surface area contributed by atoms with Crippen LogP contribution in [0.1, 0.15) is 27.2 Å². The summed E-state index contributed by atoms with van der Waals surface area (Å²) in [6.45, 7) is 8.58. The van der Waals surface area contributed by atoms with Gasteiger partial charge in [0.05, 0.1) is 4.75 Å². The standard InChI is InChI=1S/C8H14N2O2S/c1-5-7(2)8(3,4)13(11,12)6-10-9/h6H,2,5H2,1,3-4H3. The first kappa shape index (κ1) is 12.1. The number of sulfone groups is 1. The molecule has 0 spiro atoms. The third kappa shape index (κ3) is 2.26. The molecule has 0 heterocycles. The molecule has 5 heteroatoms. The van der Waals surface area contributed by atoms with Gasteiger partial charge in [0, 0.05) is 0 Å². The molecule has 0 aliphatic carbocycles. The molecule has 0 amide bonds. The Morgan fingerprint density at radius 1 is 1.62 bits per heavy atom. The molecule has 0 aromatic heterocycles. The van der Waals surface area contributed by atoms with Gasteiger partial charge in [-0.05, 0) is 20.3 Å². The maximum Gasteiger partial charge on any atom is 0.371 e. The molecule has 0 N–H and O–H groups in total. The predicted molar refractivity (Wildman–Crippen MR) is 52.1 cm³/mol. The van der Waals surface area contributed by atoms with Gasteiger partial charge in [0.15, 0.2) is 0 Å². The molecule has 0 bridgehead atoms. The van der Waals surface area contributed by atoms with Gasteiger partial charge in [-0.25, -0.2) is 8.42 Å². The quantitative estimate of drug-likeness (QED) is 0.227. The molecular formula is C8H14N2O2S. The van der Waals surface area contributed by atoms with Crippen molar-refractivity contribution >= 4 is 15.4 Å². The molecule has 0 atom stereocenters. The van der Waals surface area contributed by atoms with Crippen molar-refractivity contribution in [1.29, 1.82) is 0 Å². The first-order chi connectivity index (χ1) is 5.79. The van der Waals surface area contributed by atoms with Gasteiger partial charge in [0.25, 0.3) is 9.84 Å². The Labute approximate surface area is 78.8 Å². The highest BCUT2D eigenvalue weighted by atomic mass is 32.2. The summed E-state index contributed by atoms with van der Waals surface area (Å²) in [5.74, 6) is 0. The van der Waals surface area contributed by atoms with E-state index >= 15 is 0 Å². The van der Waals surface area contributed by atoms with Crippen LogP contribution in [0.3, 0.4) is 0 Å². The minimum atomic E-state index is -3.56. The number of nitrogens with zero attached hydrogens (tertiary/aromatic N) is 2. The van der Waals surface area contributed by atoms with Crippen LogP contribution in [0.25, 0.3) is 5.53 Å². The first-order valence-corrected chi connectivity index (χ1v) is 5.44. The van der Waals surface area contributed by atoms with E-state index in [0.717, 1.165) is 0 Å². The van der Waals surface area contributed by atoms with Crippen LogP contribution >= 0.6 is 0 Å². The lowest BCUT2D eigenvalue weighted by molar-refractivity contribution is 0.00742. The molecule has 0 aliphatic rings. The van der Waals surface area contributed by atoms with Crippen molar-refractivity contribution in [2.45, 2.75) is 31.9 Å². The van der Waals surface area contributed by atoms with E-state index in [-0.39, 0.29) is 0 Å². The van der Waals surface area contributed by atoms with Crippen LogP contribution in [0.2, 0.25) is 0 Å². The first-order valence-electron chi connectivity index (χ1n) is 3.90. The molecule has 0 saturated heterocycles. The van der Waals surface area contributed by atoms with Crippen molar-refractivity contribution in [3.63, 3.8) is 0 Å². The van der Waals surface area contributed by atoms with Gasteiger partial charge in [0.2, 0.25) is 0 Å². The Kier molecular flexibility index (Phi) is 3.58. The Hall–Kier alpha value is -0.930. The highest BCUT2D eigenvalue weighted by Crippen LogP contribution is 2.25. The molecule has 0 saturated carbocycles. The summed E-state index contributed by atoms with van der Waals surface area (Å²) in [7, 11) is -3.56. The van der Waals surface area contributed by atoms with Gasteiger partial charge in [0.1, 0.15) is 0 Å². The topological polar surface area (TPSA) is 70.5 Å². The summed E-state index contributed by atoms with van der Waals surface area (Å²) in [5.41, 5.74) is 9.32. The Morgan fingerprint density at radius 3 is 2.38 bits per heavy atom. The molecule has 0 radical (unpaired) electrons. The van der Waals surface area contributed by atoms with E-state index < -0.39 is 14.6 Å². The molecule has 4 nitrogen and oxygen atoms in total. The van der Waals surface area contributed by atoms with E-state index in [4.69, 9.17) is 5.53 Å². The summed E-state index contributed by atoms with van der Waals surface area (Å²) in [6, 6.07) is 0. The second-order valence-electron chi connectivity index (χ2n) is 3.23. The number of rotatable bonds is 4. The zero-order valence-corrected chi connectivity index (χ0v) is 8.93. The molecule has 0 aliphatic heterocycles. The van der Waals surface area contributed by atoms with E-state index in [1.807, 2.05) is 6.92 Å². The SMILES string of the molecule is C=C(CC)C(C)(C)S(=O)(=O)C=[N+]=[N-]. The molecule has 0 aromatic rings. The lowest BCUT2D eigenvalue weighted by Crippen LogP contribution is -2.34. The third-order valence-electron chi connectivity index (χ3n) is 2.18. The van der Waals surface area contributed by atoms with Crippen LogP contribution in [-0.4, -0.2) is 23.5 Å². The van der Waals surface area contributed by atoms with Crippen LogP contribution in [-0.2, 0) is 9.84 Å². The normalized spacial score (nSPS) is 11.9. The lowest BCUT2D eigenvalue weighted by Gasteiger charge is -2.22. The van der Waals surface area contributed by atoms with Gasteiger partial charge < -0.3 is 5.53 Å². The average molecular weight is 202 g/mol. The minimum Gasteiger partial charge on any atom is -0.361 e. The Balaban J connectivity index is 5.28. The van der Waals surface area contributed by atoms with Gasteiger partial charge in [-0.3, -0.25) is 0 Å². The summed E-state index contributed by atoms with van der Waals surface area (Å²) >= 11 is 0. The second-order valence-corrected chi connectivity index (χ2v) is 5.55. The van der Waals surface area contributed by atoms with Crippen molar-refractivity contribution in [2.24, 2.45) is 0 Å². The molecular weight excluding hydrogens is 188 g/mol. The molecule has 0 aromatic carbocycles. The van der Waals surface area contributed by atoms with Crippen LogP contribution < -0.4 is 0 Å². The van der Waals surface area contributed by atoms with E-state index in [0.29, 0.717) is 17.5 Å². The zero-order valence-electron chi connectivity index (χ0n) is 8.11. The van der Waals surface area contributed by atoms with Crippen LogP contribution in [0, 0.1) is 0 Å². The maximum atomic E-state index is 11.5. The predicted octanol–water partition coefficient (Wildman–Crippen LogP) is 1.40. The molecule has 74 valence electrons.